The van der Waals surface area contributed by atoms with Gasteiger partial charge in [0.1, 0.15) is 0 Å². The highest BCUT2D eigenvalue weighted by Gasteiger charge is 2.11. The minimum absolute atomic E-state index is 0.769. The molecule has 2 heterocycles. The van der Waals surface area contributed by atoms with Gasteiger partial charge in [0.2, 0.25) is 0 Å². The lowest BCUT2D eigenvalue weighted by Gasteiger charge is -2.11. The van der Waals surface area contributed by atoms with Crippen LogP contribution in [0.4, 0.5) is 5.69 Å². The standard InChI is InChI=1S/C18H13N3/c19-16-8-2-1-6-13(16)15-11-12-5-3-9-20-17(12)18-14(15)7-4-10-21-18/h1-11H,19H2. The van der Waals surface area contributed by atoms with Gasteiger partial charge in [-0.1, -0.05) is 30.3 Å². The largest absolute Gasteiger partial charge is 0.398 e. The Bertz CT molecular complexity index is 961. The summed E-state index contributed by atoms with van der Waals surface area (Å²) in [5.74, 6) is 0. The third-order valence-electron chi connectivity index (χ3n) is 3.71. The molecule has 0 bridgehead atoms. The highest BCUT2D eigenvalue weighted by atomic mass is 14.7. The number of nitrogens with zero attached hydrogens (tertiary/aromatic N) is 2. The van der Waals surface area contributed by atoms with Crippen LogP contribution in [0.25, 0.3) is 32.9 Å². The van der Waals surface area contributed by atoms with Crippen molar-refractivity contribution < 1.29 is 0 Å². The van der Waals surface area contributed by atoms with E-state index in [-0.39, 0.29) is 0 Å². The predicted octanol–water partition coefficient (Wildman–Crippen LogP) is 4.03. The van der Waals surface area contributed by atoms with Gasteiger partial charge < -0.3 is 5.73 Å². The molecule has 0 aliphatic rings. The first-order chi connectivity index (χ1) is 10.3. The molecule has 0 unspecified atom stereocenters. The SMILES string of the molecule is Nc1ccccc1-c1cc2cccnc2c2ncccc12. The highest BCUT2D eigenvalue weighted by Crippen LogP contribution is 2.35. The smallest absolute Gasteiger partial charge is 0.0970 e. The molecule has 0 aliphatic carbocycles. The Labute approximate surface area is 122 Å². The Kier molecular flexibility index (Phi) is 2.57. The summed E-state index contributed by atoms with van der Waals surface area (Å²) in [7, 11) is 0. The average Bonchev–Trinajstić information content (AvgIpc) is 2.55. The van der Waals surface area contributed by atoms with Gasteiger partial charge >= 0.3 is 0 Å². The van der Waals surface area contributed by atoms with Crippen molar-refractivity contribution >= 4 is 27.5 Å². The number of nitrogens with two attached hydrogens (primary N) is 1. The Morgan fingerprint density at radius 3 is 2.33 bits per heavy atom. The van der Waals surface area contributed by atoms with Crippen molar-refractivity contribution in [1.82, 2.24) is 9.97 Å². The molecule has 3 nitrogen and oxygen atoms in total. The van der Waals surface area contributed by atoms with Crippen molar-refractivity contribution in [2.75, 3.05) is 5.73 Å². The first-order valence-corrected chi connectivity index (χ1v) is 6.82. The molecule has 4 aromatic rings. The lowest BCUT2D eigenvalue weighted by Crippen LogP contribution is -1.92. The number of hydrogen-bond acceptors (Lipinski definition) is 3. The van der Waals surface area contributed by atoms with Crippen LogP contribution in [0.1, 0.15) is 0 Å². The molecule has 3 heteroatoms. The maximum atomic E-state index is 6.15. The summed E-state index contributed by atoms with van der Waals surface area (Å²) in [5, 5.41) is 2.14. The third kappa shape index (κ3) is 1.82. The highest BCUT2D eigenvalue weighted by molar-refractivity contribution is 6.11. The maximum absolute atomic E-state index is 6.15. The van der Waals surface area contributed by atoms with Gasteiger partial charge in [0.05, 0.1) is 11.0 Å². The molecule has 4 rings (SSSR count). The fraction of sp³-hybridized carbons (Fsp3) is 0. The summed E-state index contributed by atoms with van der Waals surface area (Å²) >= 11 is 0. The number of pyridine rings is 2. The molecular formula is C18H13N3. The van der Waals surface area contributed by atoms with Crippen LogP contribution < -0.4 is 5.73 Å². The summed E-state index contributed by atoms with van der Waals surface area (Å²) in [4.78, 5) is 8.99. The number of hydrogen-bond donors (Lipinski definition) is 1. The normalized spacial score (nSPS) is 11.0. The lowest BCUT2D eigenvalue weighted by atomic mass is 9.97. The monoisotopic (exact) mass is 271 g/mol. The van der Waals surface area contributed by atoms with Gasteiger partial charge in [-0.2, -0.15) is 0 Å². The van der Waals surface area contributed by atoms with Crippen molar-refractivity contribution in [3.63, 3.8) is 0 Å². The van der Waals surface area contributed by atoms with Crippen molar-refractivity contribution in [3.05, 3.63) is 67.0 Å². The lowest BCUT2D eigenvalue weighted by molar-refractivity contribution is 1.37. The number of aromatic nitrogens is 2. The molecule has 0 radical (unpaired) electrons. The average molecular weight is 271 g/mol. The van der Waals surface area contributed by atoms with Crippen molar-refractivity contribution in [1.29, 1.82) is 0 Å². The number of rotatable bonds is 1. The van der Waals surface area contributed by atoms with Crippen LogP contribution in [0.3, 0.4) is 0 Å². The summed E-state index contributed by atoms with van der Waals surface area (Å²) in [5.41, 5.74) is 10.9. The van der Waals surface area contributed by atoms with Gasteiger partial charge in [-0.3, -0.25) is 9.97 Å². The molecule has 0 aliphatic heterocycles. The van der Waals surface area contributed by atoms with Crippen LogP contribution in [-0.4, -0.2) is 9.97 Å². The summed E-state index contributed by atoms with van der Waals surface area (Å²) in [6, 6.07) is 18.1. The first-order valence-electron chi connectivity index (χ1n) is 6.82. The predicted molar refractivity (Wildman–Crippen MR) is 86.9 cm³/mol. The Morgan fingerprint density at radius 2 is 1.48 bits per heavy atom. The maximum Gasteiger partial charge on any atom is 0.0970 e. The Morgan fingerprint density at radius 1 is 0.714 bits per heavy atom. The van der Waals surface area contributed by atoms with E-state index in [1.165, 1.54) is 0 Å². The van der Waals surface area contributed by atoms with E-state index in [0.717, 1.165) is 38.6 Å². The minimum Gasteiger partial charge on any atom is -0.398 e. The first kappa shape index (κ1) is 11.9. The second kappa shape index (κ2) is 4.56. The molecule has 2 N–H and O–H groups in total. The third-order valence-corrected chi connectivity index (χ3v) is 3.71. The van der Waals surface area contributed by atoms with Crippen molar-refractivity contribution in [2.45, 2.75) is 0 Å². The fourth-order valence-electron chi connectivity index (χ4n) is 2.74. The zero-order valence-corrected chi connectivity index (χ0v) is 11.3. The number of fused-ring (bicyclic) bond motifs is 3. The van der Waals surface area contributed by atoms with Gasteiger partial charge in [0, 0.05) is 34.4 Å². The molecule has 0 atom stereocenters. The molecule has 2 aromatic carbocycles. The fourth-order valence-corrected chi connectivity index (χ4v) is 2.74. The molecule has 0 saturated heterocycles. The molecule has 0 fully saturated rings. The molecule has 0 spiro atoms. The summed E-state index contributed by atoms with van der Waals surface area (Å²) in [6.07, 6.45) is 3.60. The van der Waals surface area contributed by atoms with Crippen molar-refractivity contribution in [2.24, 2.45) is 0 Å². The quantitative estimate of drug-likeness (QED) is 0.420. The van der Waals surface area contributed by atoms with Crippen LogP contribution in [0.15, 0.2) is 67.0 Å². The van der Waals surface area contributed by atoms with Gasteiger partial charge in [-0.05, 0) is 29.8 Å². The van der Waals surface area contributed by atoms with Crippen molar-refractivity contribution in [3.8, 4) is 11.1 Å². The molecule has 21 heavy (non-hydrogen) atoms. The summed E-state index contributed by atoms with van der Waals surface area (Å²) < 4.78 is 0. The van der Waals surface area contributed by atoms with Crippen LogP contribution in [0, 0.1) is 0 Å². The van der Waals surface area contributed by atoms with E-state index in [4.69, 9.17) is 5.73 Å². The molecular weight excluding hydrogens is 258 g/mol. The van der Waals surface area contributed by atoms with E-state index < -0.39 is 0 Å². The van der Waals surface area contributed by atoms with Crippen LogP contribution >= 0.6 is 0 Å². The number of para-hydroxylation sites is 1. The van der Waals surface area contributed by atoms with E-state index in [1.807, 2.05) is 36.4 Å². The van der Waals surface area contributed by atoms with E-state index >= 15 is 0 Å². The second-order valence-electron chi connectivity index (χ2n) is 4.99. The van der Waals surface area contributed by atoms with Gasteiger partial charge in [-0.25, -0.2) is 0 Å². The molecule has 100 valence electrons. The number of anilines is 1. The minimum atomic E-state index is 0.769. The van der Waals surface area contributed by atoms with E-state index in [2.05, 4.69) is 28.2 Å². The van der Waals surface area contributed by atoms with E-state index in [9.17, 15) is 0 Å². The Hall–Kier alpha value is -2.94. The topological polar surface area (TPSA) is 51.8 Å². The van der Waals surface area contributed by atoms with Gasteiger partial charge in [0.25, 0.3) is 0 Å². The van der Waals surface area contributed by atoms with E-state index in [1.54, 1.807) is 12.4 Å². The van der Waals surface area contributed by atoms with Gasteiger partial charge in [0.15, 0.2) is 0 Å². The van der Waals surface area contributed by atoms with Crippen LogP contribution in [0.2, 0.25) is 0 Å². The van der Waals surface area contributed by atoms with Crippen LogP contribution in [-0.2, 0) is 0 Å². The zero-order valence-electron chi connectivity index (χ0n) is 11.3. The molecule has 0 saturated carbocycles. The zero-order chi connectivity index (χ0) is 14.2. The number of nitrogen functional groups attached to an aromatic ring is 1. The Balaban J connectivity index is 2.20. The molecule has 0 amide bonds. The molecule has 2 aromatic heterocycles. The van der Waals surface area contributed by atoms with Crippen LogP contribution in [0.5, 0.6) is 0 Å². The summed E-state index contributed by atoms with van der Waals surface area (Å²) in [6.45, 7) is 0. The second-order valence-corrected chi connectivity index (χ2v) is 4.99. The van der Waals surface area contributed by atoms with E-state index in [0.29, 0.717) is 0 Å². The van der Waals surface area contributed by atoms with Gasteiger partial charge in [-0.15, -0.1) is 0 Å². The number of benzene rings is 2.